The van der Waals surface area contributed by atoms with E-state index in [-0.39, 0.29) is 22.6 Å². The van der Waals surface area contributed by atoms with Crippen molar-refractivity contribution in [2.24, 2.45) is 11.1 Å². The summed E-state index contributed by atoms with van der Waals surface area (Å²) in [5.74, 6) is -1.85. The Bertz CT molecular complexity index is 543. The molecular weight excluding hydrogens is 262 g/mol. The molecule has 20 heavy (non-hydrogen) atoms. The minimum absolute atomic E-state index is 0.0198. The van der Waals surface area contributed by atoms with Crippen LogP contribution in [0.5, 0.6) is 0 Å². The number of carbonyl (C=O) groups excluding carboxylic acids is 1. The zero-order valence-corrected chi connectivity index (χ0v) is 12.0. The molecule has 0 spiro atoms. The summed E-state index contributed by atoms with van der Waals surface area (Å²) in [6.07, 6.45) is 0.681. The lowest BCUT2D eigenvalue weighted by molar-refractivity contribution is 0.0528. The quantitative estimate of drug-likeness (QED) is 0.860. The molecule has 0 aliphatic carbocycles. The maximum Gasteiger partial charge on any atom is 0.256 e. The molecule has 110 valence electrons. The number of amides is 1. The van der Waals surface area contributed by atoms with Gasteiger partial charge in [-0.25, -0.2) is 8.78 Å². The van der Waals surface area contributed by atoms with Gasteiger partial charge < -0.3 is 10.6 Å². The molecule has 0 bridgehead atoms. The van der Waals surface area contributed by atoms with Gasteiger partial charge >= 0.3 is 0 Å². The molecule has 5 heteroatoms. The number of nitrogens with zero attached hydrogens (tertiary/aromatic N) is 1. The molecule has 0 saturated carbocycles. The van der Waals surface area contributed by atoms with Gasteiger partial charge in [-0.3, -0.25) is 4.79 Å². The first kappa shape index (κ1) is 14.9. The fraction of sp³-hybridized carbons (Fsp3) is 0.533. The lowest BCUT2D eigenvalue weighted by Gasteiger charge is -2.42. The minimum Gasteiger partial charge on any atom is -0.338 e. The summed E-state index contributed by atoms with van der Waals surface area (Å²) in [5, 5.41) is 0. The van der Waals surface area contributed by atoms with Crippen LogP contribution in [0.25, 0.3) is 0 Å². The van der Waals surface area contributed by atoms with E-state index in [1.54, 1.807) is 4.90 Å². The van der Waals surface area contributed by atoms with Gasteiger partial charge in [0.1, 0.15) is 11.6 Å². The molecule has 3 nitrogen and oxygen atoms in total. The Morgan fingerprint density at radius 3 is 2.60 bits per heavy atom. The number of carbonyl (C=O) groups is 1. The van der Waals surface area contributed by atoms with E-state index in [1.807, 2.05) is 13.8 Å². The van der Waals surface area contributed by atoms with Gasteiger partial charge in [0.05, 0.1) is 5.56 Å². The van der Waals surface area contributed by atoms with Crippen molar-refractivity contribution in [1.82, 2.24) is 4.90 Å². The van der Waals surface area contributed by atoms with Crippen molar-refractivity contribution >= 4 is 5.91 Å². The van der Waals surface area contributed by atoms with Crippen LogP contribution in [0.4, 0.5) is 8.78 Å². The SMILES string of the molecule is Cc1cc(C(=O)N2CCC(N)C(C)(C)C2)c(F)cc1F. The average molecular weight is 282 g/mol. The number of piperidine rings is 1. The minimum atomic E-state index is -0.814. The lowest BCUT2D eigenvalue weighted by atomic mass is 9.79. The third-order valence-corrected chi connectivity index (χ3v) is 4.08. The second kappa shape index (κ2) is 5.13. The number of likely N-dealkylation sites (tertiary alicyclic amines) is 1. The Morgan fingerprint density at radius 2 is 2.00 bits per heavy atom. The summed E-state index contributed by atoms with van der Waals surface area (Å²) in [7, 11) is 0. The van der Waals surface area contributed by atoms with Crippen LogP contribution in [0.15, 0.2) is 12.1 Å². The number of aryl methyl sites for hydroxylation is 1. The van der Waals surface area contributed by atoms with E-state index >= 15 is 0 Å². The van der Waals surface area contributed by atoms with E-state index in [0.717, 1.165) is 6.07 Å². The van der Waals surface area contributed by atoms with E-state index in [4.69, 9.17) is 5.73 Å². The number of hydrogen-bond acceptors (Lipinski definition) is 2. The highest BCUT2D eigenvalue weighted by Gasteiger charge is 2.36. The summed E-state index contributed by atoms with van der Waals surface area (Å²) in [6, 6.07) is 2.06. The number of benzene rings is 1. The Hall–Kier alpha value is -1.49. The third-order valence-electron chi connectivity index (χ3n) is 4.08. The van der Waals surface area contributed by atoms with Gasteiger partial charge in [-0.15, -0.1) is 0 Å². The molecule has 0 radical (unpaired) electrons. The Kier molecular flexibility index (Phi) is 3.82. The largest absolute Gasteiger partial charge is 0.338 e. The molecule has 1 aromatic carbocycles. The van der Waals surface area contributed by atoms with Gasteiger partial charge in [0.15, 0.2) is 0 Å². The normalized spacial score (nSPS) is 21.9. The van der Waals surface area contributed by atoms with Crippen LogP contribution < -0.4 is 5.73 Å². The van der Waals surface area contributed by atoms with Gasteiger partial charge in [0.2, 0.25) is 0 Å². The van der Waals surface area contributed by atoms with Crippen molar-refractivity contribution in [2.75, 3.05) is 13.1 Å². The second-order valence-corrected chi connectivity index (χ2v) is 6.19. The molecule has 1 fully saturated rings. The van der Waals surface area contributed by atoms with Gasteiger partial charge in [0, 0.05) is 25.2 Å². The molecule has 1 atom stereocenters. The molecule has 1 aliphatic rings. The molecule has 0 aromatic heterocycles. The van der Waals surface area contributed by atoms with Crippen molar-refractivity contribution in [3.05, 3.63) is 34.9 Å². The highest BCUT2D eigenvalue weighted by Crippen LogP contribution is 2.29. The maximum atomic E-state index is 13.8. The monoisotopic (exact) mass is 282 g/mol. The number of nitrogens with two attached hydrogens (primary N) is 1. The highest BCUT2D eigenvalue weighted by molar-refractivity contribution is 5.94. The number of hydrogen-bond donors (Lipinski definition) is 1. The van der Waals surface area contributed by atoms with Crippen molar-refractivity contribution in [2.45, 2.75) is 33.2 Å². The number of rotatable bonds is 1. The summed E-state index contributed by atoms with van der Waals surface area (Å²) in [6.45, 7) is 6.47. The molecule has 2 N–H and O–H groups in total. The molecular formula is C15H20F2N2O. The highest BCUT2D eigenvalue weighted by atomic mass is 19.1. The van der Waals surface area contributed by atoms with E-state index in [0.29, 0.717) is 19.5 Å². The first-order valence-electron chi connectivity index (χ1n) is 6.73. The zero-order chi connectivity index (χ0) is 15.1. The zero-order valence-electron chi connectivity index (χ0n) is 12.0. The van der Waals surface area contributed by atoms with Crippen molar-refractivity contribution in [3.63, 3.8) is 0 Å². The van der Waals surface area contributed by atoms with Crippen LogP contribution in [0, 0.1) is 24.0 Å². The molecule has 1 amide bonds. The maximum absolute atomic E-state index is 13.8. The topological polar surface area (TPSA) is 46.3 Å². The first-order chi connectivity index (χ1) is 9.22. The van der Waals surface area contributed by atoms with Crippen molar-refractivity contribution in [1.29, 1.82) is 0 Å². The standard InChI is InChI=1S/C15H20F2N2O/c1-9-6-10(12(17)7-11(9)16)14(20)19-5-4-13(18)15(2,3)8-19/h6-7,13H,4-5,8,18H2,1-3H3. The van der Waals surface area contributed by atoms with Crippen molar-refractivity contribution < 1.29 is 13.6 Å². The fourth-order valence-electron chi connectivity index (χ4n) is 2.54. The van der Waals surface area contributed by atoms with Crippen LogP contribution in [0.3, 0.4) is 0 Å². The Morgan fingerprint density at radius 1 is 1.35 bits per heavy atom. The molecule has 1 aliphatic heterocycles. The average Bonchev–Trinajstić information content (AvgIpc) is 2.36. The fourth-order valence-corrected chi connectivity index (χ4v) is 2.54. The first-order valence-corrected chi connectivity index (χ1v) is 6.73. The van der Waals surface area contributed by atoms with Crippen LogP contribution in [-0.4, -0.2) is 29.9 Å². The van der Waals surface area contributed by atoms with Crippen LogP contribution in [-0.2, 0) is 0 Å². The third kappa shape index (κ3) is 2.68. The van der Waals surface area contributed by atoms with E-state index in [9.17, 15) is 13.6 Å². The smallest absolute Gasteiger partial charge is 0.256 e. The predicted molar refractivity (Wildman–Crippen MR) is 73.4 cm³/mol. The van der Waals surface area contributed by atoms with Gasteiger partial charge in [0.25, 0.3) is 5.91 Å². The second-order valence-electron chi connectivity index (χ2n) is 6.19. The van der Waals surface area contributed by atoms with Crippen LogP contribution in [0.2, 0.25) is 0 Å². The Labute approximate surface area is 117 Å². The van der Waals surface area contributed by atoms with Crippen molar-refractivity contribution in [3.8, 4) is 0 Å². The number of halogens is 2. The predicted octanol–water partition coefficient (Wildman–Crippen LogP) is 2.47. The van der Waals surface area contributed by atoms with E-state index in [2.05, 4.69) is 0 Å². The molecule has 1 unspecified atom stereocenters. The summed E-state index contributed by atoms with van der Waals surface area (Å²) in [4.78, 5) is 14.0. The molecule has 1 aromatic rings. The van der Waals surface area contributed by atoms with Gasteiger partial charge in [-0.05, 0) is 30.4 Å². The summed E-state index contributed by atoms with van der Waals surface area (Å²) < 4.78 is 27.1. The van der Waals surface area contributed by atoms with Gasteiger partial charge in [-0.1, -0.05) is 13.8 Å². The van der Waals surface area contributed by atoms with Crippen LogP contribution in [0.1, 0.15) is 36.2 Å². The van der Waals surface area contributed by atoms with E-state index in [1.165, 1.54) is 13.0 Å². The lowest BCUT2D eigenvalue weighted by Crippen LogP contribution is -2.54. The van der Waals surface area contributed by atoms with Gasteiger partial charge in [-0.2, -0.15) is 0 Å². The molecule has 1 heterocycles. The molecule has 2 rings (SSSR count). The Balaban J connectivity index is 2.26. The van der Waals surface area contributed by atoms with Crippen LogP contribution >= 0.6 is 0 Å². The molecule has 1 saturated heterocycles. The summed E-state index contributed by atoms with van der Waals surface area (Å²) in [5.41, 5.74) is 6.01. The van der Waals surface area contributed by atoms with E-state index < -0.39 is 17.5 Å². The summed E-state index contributed by atoms with van der Waals surface area (Å²) >= 11 is 0.